The van der Waals surface area contributed by atoms with Crippen LogP contribution in [-0.4, -0.2) is 79.7 Å². The standard InChI is InChI=1S/C29H38N4O7/c1-15(28(30)39)26(37)29(40)20(21(14-34)32(2)3)11-17-10-19-16(12-31-13-18-6-5-9-33(18)4)7-8-22(35)24(19)25(36)23(17)27(29)38/h5-9,15,17,20-21,31,34-35,38,40H,10-14H2,1-4H3,(H2,30,39)/t15?,17-,20-,21+,29+/m0/s1. The van der Waals surface area contributed by atoms with E-state index < -0.39 is 59.2 Å². The summed E-state index contributed by atoms with van der Waals surface area (Å²) in [7, 11) is 5.27. The number of nitrogens with two attached hydrogens (primary N) is 1. The summed E-state index contributed by atoms with van der Waals surface area (Å²) in [6, 6.07) is 6.32. The van der Waals surface area contributed by atoms with Gasteiger partial charge in [0, 0.05) is 49.6 Å². The summed E-state index contributed by atoms with van der Waals surface area (Å²) in [5.74, 6) is -6.97. The SMILES string of the molecule is CC(C(N)=O)C(=O)[C@@]1(O)C(O)=C2C(=O)c3c(O)ccc(CNCc4cccn4C)c3C[C@H]2C[C@H]1[C@@H](CO)N(C)C. The number of primary amides is 1. The van der Waals surface area contributed by atoms with Crippen molar-refractivity contribution < 1.29 is 34.8 Å². The molecule has 2 aliphatic carbocycles. The first kappa shape index (κ1) is 29.5. The number of aromatic hydroxyl groups is 1. The zero-order valence-corrected chi connectivity index (χ0v) is 23.2. The van der Waals surface area contributed by atoms with Crippen LogP contribution in [-0.2, 0) is 36.1 Å². The van der Waals surface area contributed by atoms with E-state index in [2.05, 4.69) is 5.32 Å². The molecule has 0 fully saturated rings. The highest BCUT2D eigenvalue weighted by atomic mass is 16.3. The number of fused-ring (bicyclic) bond motifs is 2. The van der Waals surface area contributed by atoms with Crippen molar-refractivity contribution in [2.75, 3.05) is 20.7 Å². The molecule has 0 saturated carbocycles. The zero-order valence-electron chi connectivity index (χ0n) is 23.2. The van der Waals surface area contributed by atoms with Crippen molar-refractivity contribution in [3.63, 3.8) is 0 Å². The molecule has 5 atom stereocenters. The summed E-state index contributed by atoms with van der Waals surface area (Å²) in [5, 5.41) is 47.7. The average molecular weight is 555 g/mol. The maximum Gasteiger partial charge on any atom is 0.227 e. The number of benzene rings is 1. The number of nitrogens with one attached hydrogen (secondary N) is 1. The van der Waals surface area contributed by atoms with Gasteiger partial charge in [-0.1, -0.05) is 6.07 Å². The number of hydrogen-bond acceptors (Lipinski definition) is 9. The van der Waals surface area contributed by atoms with Crippen LogP contribution < -0.4 is 11.1 Å². The number of likely N-dealkylation sites (N-methyl/N-ethyl adjacent to an activating group) is 1. The lowest BCUT2D eigenvalue weighted by Gasteiger charge is -2.48. The Kier molecular flexibility index (Phi) is 8.23. The third kappa shape index (κ3) is 4.83. The summed E-state index contributed by atoms with van der Waals surface area (Å²) in [4.78, 5) is 40.9. The van der Waals surface area contributed by atoms with Crippen LogP contribution in [0.1, 0.15) is 40.5 Å². The lowest BCUT2D eigenvalue weighted by atomic mass is 9.60. The van der Waals surface area contributed by atoms with E-state index in [9.17, 15) is 34.8 Å². The maximum atomic E-state index is 13.9. The number of carbonyl (C=O) groups is 3. The number of aromatic nitrogens is 1. The Balaban J connectivity index is 1.79. The number of hydrogen-bond donors (Lipinski definition) is 6. The molecule has 0 spiro atoms. The first-order chi connectivity index (χ1) is 18.8. The molecule has 40 heavy (non-hydrogen) atoms. The predicted octanol–water partition coefficient (Wildman–Crippen LogP) is 0.552. The van der Waals surface area contributed by atoms with Gasteiger partial charge in [-0.15, -0.1) is 0 Å². The molecule has 216 valence electrons. The van der Waals surface area contributed by atoms with Crippen LogP contribution in [0.5, 0.6) is 5.75 Å². The largest absolute Gasteiger partial charge is 0.508 e. The van der Waals surface area contributed by atoms with Crippen LogP contribution in [0.15, 0.2) is 41.8 Å². The zero-order chi connectivity index (χ0) is 29.5. The number of phenolic OH excluding ortho intramolecular Hbond substituents is 1. The predicted molar refractivity (Wildman–Crippen MR) is 146 cm³/mol. The quantitative estimate of drug-likeness (QED) is 0.229. The number of aliphatic hydroxyl groups is 3. The third-order valence-electron chi connectivity index (χ3n) is 8.59. The molecular weight excluding hydrogens is 516 g/mol. The van der Waals surface area contributed by atoms with Gasteiger partial charge >= 0.3 is 0 Å². The van der Waals surface area contributed by atoms with Crippen molar-refractivity contribution in [3.8, 4) is 5.75 Å². The molecule has 1 heterocycles. The van der Waals surface area contributed by atoms with E-state index in [1.807, 2.05) is 29.9 Å². The van der Waals surface area contributed by atoms with Gasteiger partial charge in [0.1, 0.15) is 11.5 Å². The molecule has 11 heteroatoms. The van der Waals surface area contributed by atoms with Gasteiger partial charge in [0.2, 0.25) is 5.91 Å². The third-order valence-corrected chi connectivity index (χ3v) is 8.59. The number of rotatable bonds is 10. The Morgan fingerprint density at radius 3 is 2.50 bits per heavy atom. The van der Waals surface area contributed by atoms with E-state index in [-0.39, 0.29) is 29.7 Å². The van der Waals surface area contributed by atoms with Gasteiger partial charge < -0.3 is 40.9 Å². The van der Waals surface area contributed by atoms with Gasteiger partial charge in [0.15, 0.2) is 17.2 Å². The van der Waals surface area contributed by atoms with Crippen LogP contribution >= 0.6 is 0 Å². The molecule has 2 aliphatic rings. The van der Waals surface area contributed by atoms with Crippen molar-refractivity contribution in [1.29, 1.82) is 0 Å². The number of nitrogens with zero attached hydrogens (tertiary/aromatic N) is 2. The maximum absolute atomic E-state index is 13.9. The lowest BCUT2D eigenvalue weighted by Crippen LogP contribution is -2.62. The minimum atomic E-state index is -2.64. The van der Waals surface area contributed by atoms with Gasteiger partial charge in [-0.05, 0) is 69.1 Å². The highest BCUT2D eigenvalue weighted by Crippen LogP contribution is 2.49. The number of phenols is 1. The van der Waals surface area contributed by atoms with Gasteiger partial charge in [-0.3, -0.25) is 14.4 Å². The molecule has 0 radical (unpaired) electrons. The molecule has 4 rings (SSSR count). The van der Waals surface area contributed by atoms with Crippen molar-refractivity contribution in [3.05, 3.63) is 64.2 Å². The lowest BCUT2D eigenvalue weighted by molar-refractivity contribution is -0.155. The first-order valence-electron chi connectivity index (χ1n) is 13.3. The van der Waals surface area contributed by atoms with Crippen molar-refractivity contribution >= 4 is 17.5 Å². The smallest absolute Gasteiger partial charge is 0.227 e. The Morgan fingerprint density at radius 1 is 1.23 bits per heavy atom. The molecule has 0 aliphatic heterocycles. The molecule has 1 amide bonds. The van der Waals surface area contributed by atoms with Crippen molar-refractivity contribution in [1.82, 2.24) is 14.8 Å². The van der Waals surface area contributed by atoms with Crippen LogP contribution in [0.3, 0.4) is 0 Å². The molecular formula is C29H38N4O7. The van der Waals surface area contributed by atoms with E-state index in [0.29, 0.717) is 18.7 Å². The molecule has 0 bridgehead atoms. The van der Waals surface area contributed by atoms with Crippen LogP contribution in [0, 0.1) is 17.8 Å². The van der Waals surface area contributed by atoms with Crippen molar-refractivity contribution in [2.24, 2.45) is 30.5 Å². The van der Waals surface area contributed by atoms with Gasteiger partial charge in [0.25, 0.3) is 0 Å². The Morgan fingerprint density at radius 2 is 1.93 bits per heavy atom. The van der Waals surface area contributed by atoms with E-state index >= 15 is 0 Å². The number of allylic oxidation sites excluding steroid dienone is 1. The summed E-state index contributed by atoms with van der Waals surface area (Å²) in [6.45, 7) is 1.77. The van der Waals surface area contributed by atoms with Gasteiger partial charge in [-0.2, -0.15) is 0 Å². The van der Waals surface area contributed by atoms with E-state index in [4.69, 9.17) is 5.73 Å². The molecule has 1 aromatic carbocycles. The van der Waals surface area contributed by atoms with Crippen LogP contribution in [0.25, 0.3) is 0 Å². The molecule has 11 nitrogen and oxygen atoms in total. The molecule has 1 unspecified atom stereocenters. The molecule has 7 N–H and O–H groups in total. The minimum absolute atomic E-state index is 0.0125. The summed E-state index contributed by atoms with van der Waals surface area (Å²) >= 11 is 0. The Hall–Kier alpha value is -3.51. The minimum Gasteiger partial charge on any atom is -0.508 e. The molecule has 1 aromatic heterocycles. The first-order valence-corrected chi connectivity index (χ1v) is 13.3. The molecule has 2 aromatic rings. The number of amides is 1. The fraction of sp³-hybridized carbons (Fsp3) is 0.483. The van der Waals surface area contributed by atoms with E-state index in [1.165, 1.54) is 13.0 Å². The fourth-order valence-electron chi connectivity index (χ4n) is 6.21. The van der Waals surface area contributed by atoms with Gasteiger partial charge in [-0.25, -0.2) is 0 Å². The Bertz CT molecular complexity index is 1360. The number of carbonyl (C=O) groups excluding carboxylic acids is 3. The van der Waals surface area contributed by atoms with E-state index in [1.54, 1.807) is 25.1 Å². The second-order valence-corrected chi connectivity index (χ2v) is 11.1. The van der Waals surface area contributed by atoms with Gasteiger partial charge in [0.05, 0.1) is 18.1 Å². The second kappa shape index (κ2) is 11.2. The van der Waals surface area contributed by atoms with Crippen LogP contribution in [0.2, 0.25) is 0 Å². The topological polar surface area (TPSA) is 178 Å². The fourth-order valence-corrected chi connectivity index (χ4v) is 6.21. The number of ketones is 2. The molecule has 0 saturated heterocycles. The summed E-state index contributed by atoms with van der Waals surface area (Å²) in [6.07, 6.45) is 2.27. The highest BCUT2D eigenvalue weighted by Gasteiger charge is 2.59. The summed E-state index contributed by atoms with van der Waals surface area (Å²) < 4.78 is 1.99. The normalized spacial score (nSPS) is 24.0. The van der Waals surface area contributed by atoms with Crippen LogP contribution in [0.4, 0.5) is 0 Å². The van der Waals surface area contributed by atoms with E-state index in [0.717, 1.165) is 11.3 Å². The summed E-state index contributed by atoms with van der Waals surface area (Å²) in [5.41, 5.74) is 5.06. The number of Topliss-reactive ketones (excluding diaryl/α,β-unsaturated/α-hetero) is 2. The Labute approximate surface area is 232 Å². The number of aryl methyl sites for hydroxylation is 1. The van der Waals surface area contributed by atoms with Crippen molar-refractivity contribution in [2.45, 2.75) is 44.5 Å². The second-order valence-electron chi connectivity index (χ2n) is 11.1. The highest BCUT2D eigenvalue weighted by molar-refractivity contribution is 6.15. The monoisotopic (exact) mass is 554 g/mol. The average Bonchev–Trinajstić information content (AvgIpc) is 3.31. The number of aliphatic hydroxyl groups excluding tert-OH is 2.